The lowest BCUT2D eigenvalue weighted by Crippen LogP contribution is -2.51. The molecule has 0 bridgehead atoms. The van der Waals surface area contributed by atoms with Gasteiger partial charge in [-0.15, -0.1) is 0 Å². The van der Waals surface area contributed by atoms with Gasteiger partial charge in [-0.3, -0.25) is 9.59 Å². The fraction of sp³-hybridized carbons (Fsp3) is 0.417. The first-order chi connectivity index (χ1) is 14.3. The summed E-state index contributed by atoms with van der Waals surface area (Å²) >= 11 is 12.3. The number of amides is 2. The van der Waals surface area contributed by atoms with E-state index in [1.54, 1.807) is 23.1 Å². The van der Waals surface area contributed by atoms with E-state index in [0.717, 1.165) is 17.5 Å². The van der Waals surface area contributed by atoms with Crippen molar-refractivity contribution in [3.05, 3.63) is 69.2 Å². The highest BCUT2D eigenvalue weighted by Gasteiger charge is 2.29. The van der Waals surface area contributed by atoms with E-state index in [-0.39, 0.29) is 24.3 Å². The molecule has 2 amide bonds. The molecular weight excluding hydrogens is 419 g/mol. The van der Waals surface area contributed by atoms with Crippen LogP contribution in [0.1, 0.15) is 50.3 Å². The van der Waals surface area contributed by atoms with Crippen LogP contribution in [0.3, 0.4) is 0 Å². The Morgan fingerprint density at radius 3 is 2.33 bits per heavy atom. The molecule has 6 heteroatoms. The van der Waals surface area contributed by atoms with Crippen molar-refractivity contribution in [3.8, 4) is 0 Å². The maximum atomic E-state index is 13.4. The summed E-state index contributed by atoms with van der Waals surface area (Å²) in [5.41, 5.74) is 2.79. The Morgan fingerprint density at radius 1 is 1.03 bits per heavy atom. The second-order valence-electron chi connectivity index (χ2n) is 7.60. The van der Waals surface area contributed by atoms with Crippen LogP contribution in [-0.2, 0) is 22.6 Å². The van der Waals surface area contributed by atoms with E-state index in [4.69, 9.17) is 23.2 Å². The van der Waals surface area contributed by atoms with Crippen molar-refractivity contribution in [2.75, 3.05) is 0 Å². The first kappa shape index (κ1) is 24.2. The number of aryl methyl sites for hydroxylation is 1. The topological polar surface area (TPSA) is 49.4 Å². The third kappa shape index (κ3) is 6.48. The second-order valence-corrected chi connectivity index (χ2v) is 8.45. The standard InChI is InChI=1S/C24H30Cl2N2O2/c1-5-17(4)27-24(30)22(6-2)28(15-19-10-8-7-9-16(19)3)23(29)13-18-11-12-20(25)14-21(18)26/h7-12,14,17,22H,5-6,13,15H2,1-4H3,(H,27,30)/t17-,22-/m1/s1. The molecule has 0 aliphatic rings. The number of nitrogens with one attached hydrogen (secondary N) is 1. The fourth-order valence-corrected chi connectivity index (χ4v) is 3.74. The lowest BCUT2D eigenvalue weighted by molar-refractivity contribution is -0.141. The van der Waals surface area contributed by atoms with Crippen molar-refractivity contribution in [2.24, 2.45) is 0 Å². The van der Waals surface area contributed by atoms with Crippen molar-refractivity contribution in [1.29, 1.82) is 0 Å². The van der Waals surface area contributed by atoms with Gasteiger partial charge in [0, 0.05) is 22.6 Å². The Hall–Kier alpha value is -2.04. The zero-order chi connectivity index (χ0) is 22.3. The minimum Gasteiger partial charge on any atom is -0.352 e. The summed E-state index contributed by atoms with van der Waals surface area (Å²) in [6, 6.07) is 12.5. The van der Waals surface area contributed by atoms with Gasteiger partial charge in [-0.25, -0.2) is 0 Å². The van der Waals surface area contributed by atoms with Gasteiger partial charge < -0.3 is 10.2 Å². The second kappa shape index (κ2) is 11.4. The molecule has 0 aliphatic heterocycles. The van der Waals surface area contributed by atoms with E-state index >= 15 is 0 Å². The Balaban J connectivity index is 2.34. The predicted octanol–water partition coefficient (Wildman–Crippen LogP) is 5.57. The average Bonchev–Trinajstić information content (AvgIpc) is 2.71. The van der Waals surface area contributed by atoms with E-state index in [2.05, 4.69) is 5.32 Å². The SMILES string of the molecule is CC[C@@H](C)NC(=O)[C@@H](CC)N(Cc1ccccc1C)C(=O)Cc1ccc(Cl)cc1Cl. The van der Waals surface area contributed by atoms with Crippen molar-refractivity contribution < 1.29 is 9.59 Å². The molecule has 0 radical (unpaired) electrons. The maximum absolute atomic E-state index is 13.4. The number of halogens is 2. The fourth-order valence-electron chi connectivity index (χ4n) is 3.26. The molecule has 0 heterocycles. The molecule has 0 unspecified atom stereocenters. The van der Waals surface area contributed by atoms with Crippen molar-refractivity contribution in [2.45, 2.75) is 65.6 Å². The number of hydrogen-bond acceptors (Lipinski definition) is 2. The minimum atomic E-state index is -0.558. The number of rotatable bonds is 9. The molecule has 2 aromatic rings. The normalized spacial score (nSPS) is 12.9. The van der Waals surface area contributed by atoms with Crippen molar-refractivity contribution in [3.63, 3.8) is 0 Å². The van der Waals surface area contributed by atoms with E-state index in [1.807, 2.05) is 52.0 Å². The highest BCUT2D eigenvalue weighted by Crippen LogP contribution is 2.23. The summed E-state index contributed by atoms with van der Waals surface area (Å²) in [7, 11) is 0. The van der Waals surface area contributed by atoms with E-state index in [1.165, 1.54) is 0 Å². The number of hydrogen-bond donors (Lipinski definition) is 1. The number of nitrogens with zero attached hydrogens (tertiary/aromatic N) is 1. The largest absolute Gasteiger partial charge is 0.352 e. The summed E-state index contributed by atoms with van der Waals surface area (Å²) in [6.07, 6.45) is 1.46. The summed E-state index contributed by atoms with van der Waals surface area (Å²) in [5, 5.41) is 3.99. The number of carbonyl (C=O) groups is 2. The van der Waals surface area contributed by atoms with Crippen LogP contribution in [0.25, 0.3) is 0 Å². The summed E-state index contributed by atoms with van der Waals surface area (Å²) < 4.78 is 0. The molecule has 2 aromatic carbocycles. The molecule has 162 valence electrons. The highest BCUT2D eigenvalue weighted by atomic mass is 35.5. The van der Waals surface area contributed by atoms with Crippen LogP contribution in [0.15, 0.2) is 42.5 Å². The molecule has 0 saturated carbocycles. The highest BCUT2D eigenvalue weighted by molar-refractivity contribution is 6.35. The molecule has 30 heavy (non-hydrogen) atoms. The van der Waals surface area contributed by atoms with Gasteiger partial charge in [0.25, 0.3) is 0 Å². The molecule has 2 rings (SSSR count). The summed E-state index contributed by atoms with van der Waals surface area (Å²) in [4.78, 5) is 28.0. The maximum Gasteiger partial charge on any atom is 0.243 e. The third-order valence-corrected chi connectivity index (χ3v) is 5.93. The van der Waals surface area contributed by atoms with Crippen molar-refractivity contribution >= 4 is 35.0 Å². The average molecular weight is 449 g/mol. The van der Waals surface area contributed by atoms with Gasteiger partial charge in [0.1, 0.15) is 6.04 Å². The Kier molecular flexibility index (Phi) is 9.19. The van der Waals surface area contributed by atoms with Crippen LogP contribution in [-0.4, -0.2) is 28.8 Å². The van der Waals surface area contributed by atoms with Gasteiger partial charge in [-0.2, -0.15) is 0 Å². The van der Waals surface area contributed by atoms with Crippen LogP contribution in [0, 0.1) is 6.92 Å². The van der Waals surface area contributed by atoms with Crippen molar-refractivity contribution in [1.82, 2.24) is 10.2 Å². The molecule has 2 atom stereocenters. The van der Waals surface area contributed by atoms with Gasteiger partial charge in [0.05, 0.1) is 6.42 Å². The minimum absolute atomic E-state index is 0.0488. The van der Waals surface area contributed by atoms with Crippen LogP contribution < -0.4 is 5.32 Å². The smallest absolute Gasteiger partial charge is 0.243 e. The molecule has 0 fully saturated rings. The molecule has 0 aliphatic carbocycles. The molecule has 0 saturated heterocycles. The van der Waals surface area contributed by atoms with Gasteiger partial charge in [-0.05, 0) is 55.5 Å². The van der Waals surface area contributed by atoms with Gasteiger partial charge in [0.15, 0.2) is 0 Å². The third-order valence-electron chi connectivity index (χ3n) is 5.35. The van der Waals surface area contributed by atoms with Crippen LogP contribution in [0.4, 0.5) is 0 Å². The Labute approximate surface area is 189 Å². The number of carbonyl (C=O) groups excluding carboxylic acids is 2. The van der Waals surface area contributed by atoms with E-state index in [0.29, 0.717) is 28.6 Å². The van der Waals surface area contributed by atoms with Crippen LogP contribution >= 0.6 is 23.2 Å². The van der Waals surface area contributed by atoms with E-state index in [9.17, 15) is 9.59 Å². The zero-order valence-electron chi connectivity index (χ0n) is 18.0. The van der Waals surface area contributed by atoms with E-state index < -0.39 is 6.04 Å². The molecule has 0 aromatic heterocycles. The predicted molar refractivity (Wildman–Crippen MR) is 124 cm³/mol. The zero-order valence-corrected chi connectivity index (χ0v) is 19.6. The van der Waals surface area contributed by atoms with Gasteiger partial charge in [-0.1, -0.05) is 67.4 Å². The van der Waals surface area contributed by atoms with Gasteiger partial charge in [0.2, 0.25) is 11.8 Å². The quantitative estimate of drug-likeness (QED) is 0.545. The summed E-state index contributed by atoms with van der Waals surface area (Å²) in [6.45, 7) is 8.28. The molecule has 0 spiro atoms. The van der Waals surface area contributed by atoms with Crippen LogP contribution in [0.2, 0.25) is 10.0 Å². The Bertz CT molecular complexity index is 885. The lowest BCUT2D eigenvalue weighted by atomic mass is 10.0. The summed E-state index contributed by atoms with van der Waals surface area (Å²) in [5.74, 6) is -0.274. The monoisotopic (exact) mass is 448 g/mol. The first-order valence-electron chi connectivity index (χ1n) is 10.3. The van der Waals surface area contributed by atoms with Crippen LogP contribution in [0.5, 0.6) is 0 Å². The molecule has 4 nitrogen and oxygen atoms in total. The molecular formula is C24H30Cl2N2O2. The lowest BCUT2D eigenvalue weighted by Gasteiger charge is -2.32. The number of benzene rings is 2. The van der Waals surface area contributed by atoms with Gasteiger partial charge >= 0.3 is 0 Å². The Morgan fingerprint density at radius 2 is 1.73 bits per heavy atom. The first-order valence-corrected chi connectivity index (χ1v) is 11.1. The molecule has 1 N–H and O–H groups in total.